The smallest absolute Gasteiger partial charge is 0.259 e. The van der Waals surface area contributed by atoms with Crippen LogP contribution < -0.4 is 21.3 Å². The minimum atomic E-state index is -1.71. The van der Waals surface area contributed by atoms with Gasteiger partial charge in [-0.15, -0.1) is 0 Å². The second-order valence-corrected chi connectivity index (χ2v) is 8.72. The van der Waals surface area contributed by atoms with Gasteiger partial charge in [0.15, 0.2) is 12.2 Å². The van der Waals surface area contributed by atoms with Crippen LogP contribution >= 0.6 is 0 Å². The number of nitrogens with zero attached hydrogens (tertiary/aromatic N) is 2. The molecule has 3 aliphatic heterocycles. The van der Waals surface area contributed by atoms with Gasteiger partial charge in [-0.05, 0) is 47.9 Å². The summed E-state index contributed by atoms with van der Waals surface area (Å²) in [6.45, 7) is 2.70. The lowest BCUT2D eigenvalue weighted by atomic mass is 9.94. The Morgan fingerprint density at radius 3 is 2.91 bits per heavy atom. The largest absolute Gasteiger partial charge is 0.383 e. The zero-order valence-corrected chi connectivity index (χ0v) is 18.6. The highest BCUT2D eigenvalue weighted by atomic mass is 16.5. The van der Waals surface area contributed by atoms with Crippen LogP contribution in [0.4, 0.5) is 17.1 Å². The second-order valence-electron chi connectivity index (χ2n) is 8.72. The number of hydrogen-bond donors (Lipinski definition) is 4. The van der Waals surface area contributed by atoms with Crippen molar-refractivity contribution in [3.63, 3.8) is 0 Å². The third-order valence-electron chi connectivity index (χ3n) is 6.38. The number of aliphatic hydroxyl groups is 1. The van der Waals surface area contributed by atoms with Gasteiger partial charge in [-0.25, -0.2) is 0 Å². The fourth-order valence-corrected chi connectivity index (χ4v) is 4.46. The second kappa shape index (κ2) is 8.54. The molecule has 0 aromatic heterocycles. The number of carbonyl (C=O) groups is 3. The molecule has 3 heterocycles. The van der Waals surface area contributed by atoms with Crippen LogP contribution in [-0.2, 0) is 32.1 Å². The number of rotatable bonds is 4. The van der Waals surface area contributed by atoms with Crippen molar-refractivity contribution in [2.24, 2.45) is 16.6 Å². The summed E-state index contributed by atoms with van der Waals surface area (Å²) in [6, 6.07) is 10.6. The van der Waals surface area contributed by atoms with Gasteiger partial charge in [0.05, 0.1) is 13.2 Å². The first kappa shape index (κ1) is 22.1. The summed E-state index contributed by atoms with van der Waals surface area (Å²) in [6.07, 6.45) is -2.43. The predicted octanol–water partition coefficient (Wildman–Crippen LogP) is 0.768. The van der Waals surface area contributed by atoms with Crippen molar-refractivity contribution in [2.75, 3.05) is 28.7 Å². The molecule has 1 saturated heterocycles. The van der Waals surface area contributed by atoms with Gasteiger partial charge in [-0.2, -0.15) is 0 Å². The number of morpholine rings is 1. The fraction of sp³-hybridized carbons (Fsp3) is 0.333. The zero-order valence-electron chi connectivity index (χ0n) is 18.6. The monoisotopic (exact) mass is 463 g/mol. The molecule has 10 nitrogen and oxygen atoms in total. The molecule has 2 aromatic carbocycles. The Balaban J connectivity index is 1.29. The highest BCUT2D eigenvalue weighted by Crippen LogP contribution is 2.31. The molecular formula is C24H25N5O5. The van der Waals surface area contributed by atoms with E-state index in [1.165, 1.54) is 4.90 Å². The van der Waals surface area contributed by atoms with Gasteiger partial charge < -0.3 is 31.1 Å². The van der Waals surface area contributed by atoms with E-state index >= 15 is 0 Å². The number of carbonyl (C=O) groups excluding carboxylic acids is 3. The molecule has 1 unspecified atom stereocenters. The van der Waals surface area contributed by atoms with Gasteiger partial charge in [0.25, 0.3) is 11.8 Å². The molecule has 0 bridgehead atoms. The summed E-state index contributed by atoms with van der Waals surface area (Å²) in [5.41, 5.74) is 10.2. The third-order valence-corrected chi connectivity index (χ3v) is 6.38. The number of hydrogen-bond acceptors (Lipinski definition) is 7. The van der Waals surface area contributed by atoms with Crippen molar-refractivity contribution in [3.05, 3.63) is 53.1 Å². The molecular weight excluding hydrogens is 438 g/mol. The number of anilines is 3. The van der Waals surface area contributed by atoms with Crippen LogP contribution in [0.15, 0.2) is 41.4 Å². The molecule has 3 amide bonds. The van der Waals surface area contributed by atoms with Crippen molar-refractivity contribution >= 4 is 40.6 Å². The Morgan fingerprint density at radius 1 is 1.26 bits per heavy atom. The lowest BCUT2D eigenvalue weighted by molar-refractivity contribution is -0.150. The normalized spacial score (nSPS) is 22.4. The van der Waals surface area contributed by atoms with E-state index in [1.54, 1.807) is 30.3 Å². The van der Waals surface area contributed by atoms with E-state index in [4.69, 9.17) is 10.5 Å². The van der Waals surface area contributed by atoms with Crippen molar-refractivity contribution in [1.29, 1.82) is 0 Å². The molecule has 0 radical (unpaired) electrons. The molecule has 5 rings (SSSR count). The molecule has 10 heteroatoms. The topological polar surface area (TPSA) is 146 Å². The van der Waals surface area contributed by atoms with Crippen molar-refractivity contribution in [2.45, 2.75) is 32.1 Å². The average Bonchev–Trinajstić information content (AvgIpc) is 3.19. The number of amidine groups is 1. The number of fused-ring (bicyclic) bond motifs is 2. The minimum absolute atomic E-state index is 0.0660. The summed E-state index contributed by atoms with van der Waals surface area (Å²) in [5, 5.41) is 16.1. The maximum atomic E-state index is 13.1. The summed E-state index contributed by atoms with van der Waals surface area (Å²) >= 11 is 0. The number of ether oxygens (including phenoxy) is 1. The molecule has 0 saturated carbocycles. The lowest BCUT2D eigenvalue weighted by Gasteiger charge is -2.34. The number of nitrogens with one attached hydrogen (secondary N) is 2. The summed E-state index contributed by atoms with van der Waals surface area (Å²) in [4.78, 5) is 43.5. The standard InChI is InChI=1S/C24H25N5O5/c1-12-8-13-2-4-16(10-18(13)28-22(12)31)29-6-7-34-20(24(29)33)19(30)23(32)27-15-3-5-17-14(9-15)11-26-21(17)25/h2-5,9-10,12,19-20,30H,6-8,11H2,1H3,(H2,25,26)(H,27,32)(H,28,31)/t12?,19-,20-/m1/s1. The Hall–Kier alpha value is -3.76. The van der Waals surface area contributed by atoms with Crippen molar-refractivity contribution < 1.29 is 24.2 Å². The van der Waals surface area contributed by atoms with Crippen LogP contribution in [0.3, 0.4) is 0 Å². The van der Waals surface area contributed by atoms with E-state index in [-0.39, 0.29) is 25.0 Å². The first-order chi connectivity index (χ1) is 16.3. The lowest BCUT2D eigenvalue weighted by Crippen LogP contribution is -2.55. The van der Waals surface area contributed by atoms with E-state index in [0.29, 0.717) is 35.9 Å². The van der Waals surface area contributed by atoms with Crippen LogP contribution in [0.5, 0.6) is 0 Å². The molecule has 3 aliphatic rings. The predicted molar refractivity (Wildman–Crippen MR) is 126 cm³/mol. The third kappa shape index (κ3) is 3.91. The van der Waals surface area contributed by atoms with Gasteiger partial charge in [0, 0.05) is 35.1 Å². The first-order valence-corrected chi connectivity index (χ1v) is 11.1. The quantitative estimate of drug-likeness (QED) is 0.527. The molecule has 0 spiro atoms. The number of amides is 3. The van der Waals surface area contributed by atoms with Gasteiger partial charge in [-0.3, -0.25) is 19.4 Å². The average molecular weight is 463 g/mol. The van der Waals surface area contributed by atoms with Crippen LogP contribution in [0, 0.1) is 5.92 Å². The fourth-order valence-electron chi connectivity index (χ4n) is 4.46. The number of nitrogens with two attached hydrogens (primary N) is 1. The molecule has 0 aliphatic carbocycles. The van der Waals surface area contributed by atoms with Crippen LogP contribution in [0.25, 0.3) is 0 Å². The van der Waals surface area contributed by atoms with Gasteiger partial charge in [0.1, 0.15) is 5.84 Å². The Morgan fingerprint density at radius 2 is 2.09 bits per heavy atom. The molecule has 34 heavy (non-hydrogen) atoms. The van der Waals surface area contributed by atoms with E-state index in [9.17, 15) is 19.5 Å². The summed E-state index contributed by atoms with van der Waals surface area (Å²) in [5.74, 6) is -1.01. The maximum absolute atomic E-state index is 13.1. The Labute approximate surface area is 195 Å². The van der Waals surface area contributed by atoms with Crippen molar-refractivity contribution in [3.8, 4) is 0 Å². The molecule has 176 valence electrons. The van der Waals surface area contributed by atoms with E-state index in [2.05, 4.69) is 15.6 Å². The Kier molecular flexibility index (Phi) is 5.54. The summed E-state index contributed by atoms with van der Waals surface area (Å²) < 4.78 is 5.49. The maximum Gasteiger partial charge on any atom is 0.259 e. The molecule has 3 atom stereocenters. The first-order valence-electron chi connectivity index (χ1n) is 11.1. The van der Waals surface area contributed by atoms with Crippen LogP contribution in [-0.4, -0.2) is 54.0 Å². The van der Waals surface area contributed by atoms with Crippen molar-refractivity contribution in [1.82, 2.24) is 0 Å². The number of aliphatic hydroxyl groups excluding tert-OH is 1. The Bertz CT molecular complexity index is 1230. The number of aliphatic imine (C=N–C) groups is 1. The van der Waals surface area contributed by atoms with Gasteiger partial charge in [-0.1, -0.05) is 13.0 Å². The SMILES string of the molecule is CC1Cc2ccc(N3CCO[C@H]([C@@H](O)C(=O)Nc4ccc5c(c4)CN=C5N)C3=O)cc2NC1=O. The summed E-state index contributed by atoms with van der Waals surface area (Å²) in [7, 11) is 0. The van der Waals surface area contributed by atoms with Gasteiger partial charge >= 0.3 is 0 Å². The van der Waals surface area contributed by atoms with E-state index in [0.717, 1.165) is 16.7 Å². The molecule has 2 aromatic rings. The molecule has 1 fully saturated rings. The molecule has 5 N–H and O–H groups in total. The van der Waals surface area contributed by atoms with E-state index < -0.39 is 24.0 Å². The highest BCUT2D eigenvalue weighted by Gasteiger charge is 2.39. The van der Waals surface area contributed by atoms with Crippen LogP contribution in [0.1, 0.15) is 23.6 Å². The minimum Gasteiger partial charge on any atom is -0.383 e. The number of benzene rings is 2. The van der Waals surface area contributed by atoms with Crippen LogP contribution in [0.2, 0.25) is 0 Å². The zero-order chi connectivity index (χ0) is 24.0. The van der Waals surface area contributed by atoms with Gasteiger partial charge in [0.2, 0.25) is 5.91 Å². The highest BCUT2D eigenvalue weighted by molar-refractivity contribution is 6.05. The van der Waals surface area contributed by atoms with E-state index in [1.807, 2.05) is 13.0 Å².